The first-order valence-electron chi connectivity index (χ1n) is 8.29. The molecule has 2 amide bonds. The maximum absolute atomic E-state index is 12.5. The minimum Gasteiger partial charge on any atom is -0.481 e. The van der Waals surface area contributed by atoms with Crippen molar-refractivity contribution in [2.75, 3.05) is 26.2 Å². The number of carboxylic acids is 1. The van der Waals surface area contributed by atoms with Crippen molar-refractivity contribution in [3.05, 3.63) is 0 Å². The summed E-state index contributed by atoms with van der Waals surface area (Å²) >= 11 is 0. The first kappa shape index (κ1) is 16.1. The Balaban J connectivity index is 1.92. The molecule has 1 saturated carbocycles. The van der Waals surface area contributed by atoms with Gasteiger partial charge in [-0.25, -0.2) is 4.79 Å². The maximum atomic E-state index is 12.5. The molecule has 0 unspecified atom stereocenters. The molecule has 21 heavy (non-hydrogen) atoms. The van der Waals surface area contributed by atoms with Crippen molar-refractivity contribution in [1.82, 2.24) is 9.80 Å². The Morgan fingerprint density at radius 2 is 1.86 bits per heavy atom. The van der Waals surface area contributed by atoms with Gasteiger partial charge in [-0.15, -0.1) is 0 Å². The molecule has 2 rings (SSSR count). The number of carboxylic acid groups (broad SMARTS) is 1. The molecule has 2 fully saturated rings. The molecule has 1 aliphatic carbocycles. The van der Waals surface area contributed by atoms with E-state index in [0.717, 1.165) is 19.5 Å². The van der Waals surface area contributed by atoms with Crippen molar-refractivity contribution < 1.29 is 14.7 Å². The molecule has 0 aromatic carbocycles. The molecule has 5 nitrogen and oxygen atoms in total. The van der Waals surface area contributed by atoms with E-state index in [1.807, 2.05) is 23.6 Å². The average molecular weight is 296 g/mol. The average Bonchev–Trinajstić information content (AvgIpc) is 3.29. The predicted octanol–water partition coefficient (Wildman–Crippen LogP) is 2.81. The molecule has 1 heterocycles. The largest absolute Gasteiger partial charge is 0.481 e. The molecule has 1 saturated heterocycles. The van der Waals surface area contributed by atoms with Crippen molar-refractivity contribution in [1.29, 1.82) is 0 Å². The van der Waals surface area contributed by atoms with E-state index in [1.165, 1.54) is 12.8 Å². The van der Waals surface area contributed by atoms with Crippen LogP contribution >= 0.6 is 0 Å². The number of aliphatic carboxylic acids is 1. The highest BCUT2D eigenvalue weighted by molar-refractivity contribution is 5.77. The smallest absolute Gasteiger partial charge is 0.319 e. The van der Waals surface area contributed by atoms with Crippen LogP contribution in [0.1, 0.15) is 52.4 Å². The van der Waals surface area contributed by atoms with E-state index < -0.39 is 11.4 Å². The van der Waals surface area contributed by atoms with E-state index in [1.54, 1.807) is 0 Å². The van der Waals surface area contributed by atoms with Gasteiger partial charge in [0.05, 0.1) is 5.41 Å². The van der Waals surface area contributed by atoms with Crippen LogP contribution in [0.25, 0.3) is 0 Å². The molecule has 2 aliphatic rings. The molecule has 0 aromatic rings. The summed E-state index contributed by atoms with van der Waals surface area (Å²) < 4.78 is 0. The molecule has 0 radical (unpaired) electrons. The lowest BCUT2D eigenvalue weighted by molar-refractivity contribution is -0.152. The Kier molecular flexibility index (Phi) is 5.12. The topological polar surface area (TPSA) is 60.9 Å². The van der Waals surface area contributed by atoms with E-state index in [2.05, 4.69) is 0 Å². The highest BCUT2D eigenvalue weighted by Gasteiger charge is 2.42. The first-order valence-corrected chi connectivity index (χ1v) is 8.29. The Morgan fingerprint density at radius 3 is 2.29 bits per heavy atom. The fraction of sp³-hybridized carbons (Fsp3) is 0.875. The second-order valence-corrected chi connectivity index (χ2v) is 6.59. The van der Waals surface area contributed by atoms with Crippen LogP contribution in [-0.4, -0.2) is 53.1 Å². The number of likely N-dealkylation sites (tertiary alicyclic amines) is 1. The molecule has 0 spiro atoms. The highest BCUT2D eigenvalue weighted by atomic mass is 16.4. The zero-order valence-corrected chi connectivity index (χ0v) is 13.3. The van der Waals surface area contributed by atoms with Gasteiger partial charge in [0, 0.05) is 26.2 Å². The summed E-state index contributed by atoms with van der Waals surface area (Å²) in [6, 6.07) is 0.0971. The van der Waals surface area contributed by atoms with Crippen LogP contribution in [0, 0.1) is 11.3 Å². The van der Waals surface area contributed by atoms with Crippen molar-refractivity contribution >= 4 is 12.0 Å². The van der Waals surface area contributed by atoms with Gasteiger partial charge in [0.15, 0.2) is 0 Å². The van der Waals surface area contributed by atoms with Crippen LogP contribution in [0.5, 0.6) is 0 Å². The molecule has 0 atom stereocenters. The van der Waals surface area contributed by atoms with E-state index in [4.69, 9.17) is 0 Å². The summed E-state index contributed by atoms with van der Waals surface area (Å²) in [5.74, 6) is -0.00123. The van der Waals surface area contributed by atoms with E-state index in [9.17, 15) is 14.7 Å². The number of rotatable bonds is 6. The van der Waals surface area contributed by atoms with Gasteiger partial charge >= 0.3 is 12.0 Å². The summed E-state index contributed by atoms with van der Waals surface area (Å²) in [7, 11) is 0. The van der Waals surface area contributed by atoms with Crippen molar-refractivity contribution in [3.8, 4) is 0 Å². The molecule has 1 aliphatic heterocycles. The summed E-state index contributed by atoms with van der Waals surface area (Å²) in [5.41, 5.74) is -0.612. The van der Waals surface area contributed by atoms with Crippen molar-refractivity contribution in [2.24, 2.45) is 11.3 Å². The number of piperidine rings is 1. The highest BCUT2D eigenvalue weighted by Crippen LogP contribution is 2.37. The molecular weight excluding hydrogens is 268 g/mol. The third kappa shape index (κ3) is 3.69. The minimum atomic E-state index is -0.693. The SMILES string of the molecule is CCCC1(C(=O)O)CCN(C(=O)N(CC)CC2CC2)CC1. The molecule has 0 aromatic heterocycles. The van der Waals surface area contributed by atoms with Gasteiger partial charge < -0.3 is 14.9 Å². The Bertz CT molecular complexity index is 385. The maximum Gasteiger partial charge on any atom is 0.319 e. The quantitative estimate of drug-likeness (QED) is 0.820. The van der Waals surface area contributed by atoms with Gasteiger partial charge in [-0.2, -0.15) is 0 Å². The van der Waals surface area contributed by atoms with Gasteiger partial charge in [-0.1, -0.05) is 13.3 Å². The van der Waals surface area contributed by atoms with E-state index in [0.29, 0.717) is 38.3 Å². The second-order valence-electron chi connectivity index (χ2n) is 6.59. The zero-order valence-electron chi connectivity index (χ0n) is 13.3. The predicted molar refractivity (Wildman–Crippen MR) is 81.2 cm³/mol. The van der Waals surface area contributed by atoms with Gasteiger partial charge in [0.25, 0.3) is 0 Å². The third-order valence-electron chi connectivity index (χ3n) is 5.00. The second kappa shape index (κ2) is 6.67. The van der Waals surface area contributed by atoms with Gasteiger partial charge in [0.2, 0.25) is 0 Å². The number of amides is 2. The monoisotopic (exact) mass is 296 g/mol. The summed E-state index contributed by atoms with van der Waals surface area (Å²) in [6.07, 6.45) is 5.24. The van der Waals surface area contributed by atoms with Gasteiger partial charge in [-0.3, -0.25) is 4.79 Å². The third-order valence-corrected chi connectivity index (χ3v) is 5.00. The lowest BCUT2D eigenvalue weighted by Crippen LogP contribution is -2.51. The van der Waals surface area contributed by atoms with Crippen LogP contribution in [0.2, 0.25) is 0 Å². The molecular formula is C16H28N2O3. The van der Waals surface area contributed by atoms with Crippen LogP contribution in [0.3, 0.4) is 0 Å². The Morgan fingerprint density at radius 1 is 1.24 bits per heavy atom. The van der Waals surface area contributed by atoms with Crippen molar-refractivity contribution in [2.45, 2.75) is 52.4 Å². The molecule has 120 valence electrons. The number of nitrogens with zero attached hydrogens (tertiary/aromatic N) is 2. The molecule has 5 heteroatoms. The molecule has 1 N–H and O–H groups in total. The standard InChI is InChI=1S/C16H28N2O3/c1-3-7-16(14(19)20)8-10-18(11-9-16)15(21)17(4-2)12-13-5-6-13/h13H,3-12H2,1-2H3,(H,19,20). The first-order chi connectivity index (χ1) is 10.0. The van der Waals surface area contributed by atoms with E-state index in [-0.39, 0.29) is 6.03 Å². The summed E-state index contributed by atoms with van der Waals surface area (Å²) in [5, 5.41) is 9.51. The fourth-order valence-electron chi connectivity index (χ4n) is 3.33. The van der Waals surface area contributed by atoms with Gasteiger partial charge in [0.1, 0.15) is 0 Å². The number of urea groups is 1. The summed E-state index contributed by atoms with van der Waals surface area (Å²) in [6.45, 7) is 6.80. The van der Waals surface area contributed by atoms with E-state index >= 15 is 0 Å². The fourth-order valence-corrected chi connectivity index (χ4v) is 3.33. The van der Waals surface area contributed by atoms with Gasteiger partial charge in [-0.05, 0) is 44.9 Å². The lowest BCUT2D eigenvalue weighted by Gasteiger charge is -2.40. The summed E-state index contributed by atoms with van der Waals surface area (Å²) in [4.78, 5) is 27.9. The van der Waals surface area contributed by atoms with Crippen LogP contribution in [0.15, 0.2) is 0 Å². The number of hydrogen-bond acceptors (Lipinski definition) is 2. The Labute approximate surface area is 127 Å². The van der Waals surface area contributed by atoms with Crippen LogP contribution in [-0.2, 0) is 4.79 Å². The number of carbonyl (C=O) groups excluding carboxylic acids is 1. The Hall–Kier alpha value is -1.26. The van der Waals surface area contributed by atoms with Crippen molar-refractivity contribution in [3.63, 3.8) is 0 Å². The number of carbonyl (C=O) groups is 2. The van der Waals surface area contributed by atoms with Crippen LogP contribution < -0.4 is 0 Å². The van der Waals surface area contributed by atoms with Crippen LogP contribution in [0.4, 0.5) is 4.79 Å². The lowest BCUT2D eigenvalue weighted by atomic mass is 9.75. The normalized spacial score (nSPS) is 21.1. The minimum absolute atomic E-state index is 0.0971. The zero-order chi connectivity index (χ0) is 15.5. The number of hydrogen-bond donors (Lipinski definition) is 1. The molecule has 0 bridgehead atoms.